The molecule has 2 aromatic rings. The molecule has 0 bridgehead atoms. The maximum absolute atomic E-state index is 13.4. The van der Waals surface area contributed by atoms with Gasteiger partial charge in [-0.25, -0.2) is 9.07 Å². The molecule has 2 aliphatic heterocycles. The minimum Gasteiger partial charge on any atom is -0.368 e. The largest absolute Gasteiger partial charge is 0.368 e. The minimum atomic E-state index is -0.342. The highest BCUT2D eigenvalue weighted by Crippen LogP contribution is 2.25. The predicted octanol–water partition coefficient (Wildman–Crippen LogP) is 1.28. The van der Waals surface area contributed by atoms with E-state index in [4.69, 9.17) is 9.47 Å². The van der Waals surface area contributed by atoms with E-state index in [1.54, 1.807) is 16.8 Å². The summed E-state index contributed by atoms with van der Waals surface area (Å²) in [5.74, 6) is -0.406. The van der Waals surface area contributed by atoms with E-state index in [9.17, 15) is 9.18 Å². The number of carbonyl (C=O) groups excluding carboxylic acids is 1. The summed E-state index contributed by atoms with van der Waals surface area (Å²) in [6.07, 6.45) is 1.16. The van der Waals surface area contributed by atoms with Crippen molar-refractivity contribution >= 4 is 5.91 Å². The van der Waals surface area contributed by atoms with Gasteiger partial charge in [0.15, 0.2) is 0 Å². The number of fused-ring (bicyclic) bond motifs is 1. The number of nitrogens with one attached hydrogen (secondary N) is 1. The smallest absolute Gasteiger partial charge is 0.249 e. The van der Waals surface area contributed by atoms with E-state index in [0.717, 1.165) is 18.5 Å². The van der Waals surface area contributed by atoms with Crippen LogP contribution < -0.4 is 5.32 Å². The summed E-state index contributed by atoms with van der Waals surface area (Å²) >= 11 is 0. The first kappa shape index (κ1) is 16.2. The number of ether oxygens (including phenoxy) is 2. The van der Waals surface area contributed by atoms with Crippen molar-refractivity contribution in [2.45, 2.75) is 38.2 Å². The van der Waals surface area contributed by atoms with Gasteiger partial charge < -0.3 is 14.8 Å². The van der Waals surface area contributed by atoms with Crippen LogP contribution in [0, 0.1) is 5.82 Å². The van der Waals surface area contributed by atoms with Gasteiger partial charge in [0, 0.05) is 18.7 Å². The summed E-state index contributed by atoms with van der Waals surface area (Å²) < 4.78 is 26.4. The zero-order valence-corrected chi connectivity index (χ0v) is 13.7. The number of amides is 1. The molecule has 0 spiro atoms. The molecule has 1 aromatic carbocycles. The third-order valence-electron chi connectivity index (χ3n) is 4.49. The molecule has 4 rings (SSSR count). The molecule has 1 fully saturated rings. The Morgan fingerprint density at radius 2 is 2.32 bits per heavy atom. The lowest BCUT2D eigenvalue weighted by molar-refractivity contribution is -0.131. The van der Waals surface area contributed by atoms with Gasteiger partial charge in [0.05, 0.1) is 24.9 Å². The van der Waals surface area contributed by atoms with Crippen LogP contribution in [0.15, 0.2) is 24.3 Å². The first-order valence-electron chi connectivity index (χ1n) is 8.40. The van der Waals surface area contributed by atoms with Crippen LogP contribution in [0.5, 0.6) is 0 Å². The molecule has 0 unspecified atom stereocenters. The number of rotatable bonds is 4. The van der Waals surface area contributed by atoms with Gasteiger partial charge >= 0.3 is 0 Å². The van der Waals surface area contributed by atoms with E-state index in [0.29, 0.717) is 37.6 Å². The second kappa shape index (κ2) is 6.89. The highest BCUT2D eigenvalue weighted by Gasteiger charge is 2.27. The molecule has 0 radical (unpaired) electrons. The van der Waals surface area contributed by atoms with Crippen molar-refractivity contribution in [1.29, 1.82) is 0 Å². The molecule has 1 N–H and O–H groups in total. The molecule has 3 heterocycles. The standard InChI is InChI=1S/C17H19FN4O3/c18-12-4-1-3-11(7-12)16-14-10-25-13(9-22(14)21-20-16)8-19-17(23)15-5-2-6-24-15/h1,3-4,7,13,15H,2,5-6,8-10H2,(H,19,23)/t13-,15-/m1/s1. The maximum atomic E-state index is 13.4. The van der Waals surface area contributed by atoms with Crippen LogP contribution in [0.1, 0.15) is 18.5 Å². The Morgan fingerprint density at radius 3 is 3.12 bits per heavy atom. The highest BCUT2D eigenvalue weighted by atomic mass is 19.1. The van der Waals surface area contributed by atoms with Crippen molar-refractivity contribution < 1.29 is 18.7 Å². The van der Waals surface area contributed by atoms with E-state index in [2.05, 4.69) is 15.6 Å². The van der Waals surface area contributed by atoms with Gasteiger partial charge in [-0.2, -0.15) is 0 Å². The number of nitrogens with zero attached hydrogens (tertiary/aromatic N) is 3. The number of halogens is 1. The predicted molar refractivity (Wildman–Crippen MR) is 86.0 cm³/mol. The molecular weight excluding hydrogens is 327 g/mol. The topological polar surface area (TPSA) is 78.3 Å². The Bertz CT molecular complexity index is 773. The first-order valence-corrected chi connectivity index (χ1v) is 8.40. The lowest BCUT2D eigenvalue weighted by Gasteiger charge is -2.24. The Hall–Kier alpha value is -2.32. The van der Waals surface area contributed by atoms with Gasteiger partial charge in [-0.1, -0.05) is 17.3 Å². The quantitative estimate of drug-likeness (QED) is 0.902. The minimum absolute atomic E-state index is 0.0917. The number of hydrogen-bond donors (Lipinski definition) is 1. The molecule has 7 nitrogen and oxygen atoms in total. The Balaban J connectivity index is 1.40. The maximum Gasteiger partial charge on any atom is 0.249 e. The van der Waals surface area contributed by atoms with Crippen molar-refractivity contribution in [3.05, 3.63) is 35.8 Å². The van der Waals surface area contributed by atoms with Crippen LogP contribution in [-0.2, 0) is 27.4 Å². The summed E-state index contributed by atoms with van der Waals surface area (Å²) in [5.41, 5.74) is 2.11. The number of carbonyl (C=O) groups is 1. The average molecular weight is 346 g/mol. The molecule has 132 valence electrons. The third kappa shape index (κ3) is 3.40. The second-order valence-corrected chi connectivity index (χ2v) is 6.26. The van der Waals surface area contributed by atoms with E-state index in [1.165, 1.54) is 12.1 Å². The van der Waals surface area contributed by atoms with Crippen LogP contribution in [0.4, 0.5) is 4.39 Å². The second-order valence-electron chi connectivity index (χ2n) is 6.26. The Labute approximate surface area is 144 Å². The van der Waals surface area contributed by atoms with Crippen molar-refractivity contribution in [3.63, 3.8) is 0 Å². The normalized spacial score (nSPS) is 22.6. The molecule has 0 aliphatic carbocycles. The zero-order valence-electron chi connectivity index (χ0n) is 13.7. The fourth-order valence-corrected chi connectivity index (χ4v) is 3.16. The summed E-state index contributed by atoms with van der Waals surface area (Å²) in [6.45, 7) is 1.85. The van der Waals surface area contributed by atoms with E-state index < -0.39 is 0 Å². The molecule has 8 heteroatoms. The molecule has 1 amide bonds. The number of aromatic nitrogens is 3. The van der Waals surface area contributed by atoms with Gasteiger partial charge in [0.1, 0.15) is 17.6 Å². The van der Waals surface area contributed by atoms with E-state index in [-0.39, 0.29) is 23.9 Å². The molecular formula is C17H19FN4O3. The van der Waals surface area contributed by atoms with Crippen LogP contribution in [0.25, 0.3) is 11.3 Å². The molecule has 25 heavy (non-hydrogen) atoms. The molecule has 1 saturated heterocycles. The Morgan fingerprint density at radius 1 is 1.40 bits per heavy atom. The summed E-state index contributed by atoms with van der Waals surface area (Å²) in [6, 6.07) is 6.26. The fraction of sp³-hybridized carbons (Fsp3) is 0.471. The first-order chi connectivity index (χ1) is 12.2. The number of hydrogen-bond acceptors (Lipinski definition) is 5. The summed E-state index contributed by atoms with van der Waals surface area (Å²) in [5, 5.41) is 11.2. The average Bonchev–Trinajstić information content (AvgIpc) is 3.29. The highest BCUT2D eigenvalue weighted by molar-refractivity contribution is 5.80. The summed E-state index contributed by atoms with van der Waals surface area (Å²) in [4.78, 5) is 12.0. The van der Waals surface area contributed by atoms with Crippen LogP contribution in [0.3, 0.4) is 0 Å². The fourth-order valence-electron chi connectivity index (χ4n) is 3.16. The third-order valence-corrected chi connectivity index (χ3v) is 4.49. The van der Waals surface area contributed by atoms with Crippen LogP contribution in [-0.4, -0.2) is 46.3 Å². The van der Waals surface area contributed by atoms with Crippen molar-refractivity contribution in [2.24, 2.45) is 0 Å². The number of benzene rings is 1. The monoisotopic (exact) mass is 346 g/mol. The van der Waals surface area contributed by atoms with Gasteiger partial charge in [-0.3, -0.25) is 4.79 Å². The molecule has 0 saturated carbocycles. The van der Waals surface area contributed by atoms with Crippen LogP contribution in [0.2, 0.25) is 0 Å². The Kier molecular flexibility index (Phi) is 4.46. The summed E-state index contributed by atoms with van der Waals surface area (Å²) in [7, 11) is 0. The van der Waals surface area contributed by atoms with Gasteiger partial charge in [-0.05, 0) is 25.0 Å². The van der Waals surface area contributed by atoms with Gasteiger partial charge in [0.25, 0.3) is 0 Å². The van der Waals surface area contributed by atoms with E-state index in [1.807, 2.05) is 0 Å². The van der Waals surface area contributed by atoms with Gasteiger partial charge in [-0.15, -0.1) is 5.10 Å². The van der Waals surface area contributed by atoms with Crippen molar-refractivity contribution in [3.8, 4) is 11.3 Å². The van der Waals surface area contributed by atoms with Gasteiger partial charge in [0.2, 0.25) is 5.91 Å². The van der Waals surface area contributed by atoms with Crippen molar-refractivity contribution in [2.75, 3.05) is 13.2 Å². The molecule has 2 aliphatic rings. The zero-order chi connectivity index (χ0) is 17.2. The molecule has 2 atom stereocenters. The molecule has 1 aromatic heterocycles. The lowest BCUT2D eigenvalue weighted by Crippen LogP contribution is -2.42. The SMILES string of the molecule is O=C(NC[C@@H]1Cn2nnc(-c3cccc(F)c3)c2CO1)[C@H]1CCCO1. The lowest BCUT2D eigenvalue weighted by atomic mass is 10.1. The van der Waals surface area contributed by atoms with E-state index >= 15 is 0 Å². The van der Waals surface area contributed by atoms with Crippen LogP contribution >= 0.6 is 0 Å². The van der Waals surface area contributed by atoms with Crippen molar-refractivity contribution in [1.82, 2.24) is 20.3 Å².